The van der Waals surface area contributed by atoms with Gasteiger partial charge in [-0.2, -0.15) is 5.26 Å². The summed E-state index contributed by atoms with van der Waals surface area (Å²) in [7, 11) is 3.11. The molecule has 1 N–H and O–H groups in total. The summed E-state index contributed by atoms with van der Waals surface area (Å²) in [6.45, 7) is 1.16. The first-order valence-electron chi connectivity index (χ1n) is 7.79. The first-order valence-corrected chi connectivity index (χ1v) is 7.79. The lowest BCUT2D eigenvalue weighted by atomic mass is 10.1. The zero-order valence-electron chi connectivity index (χ0n) is 14.0. The molecule has 2 heterocycles. The van der Waals surface area contributed by atoms with Gasteiger partial charge in [0.1, 0.15) is 5.69 Å². The molecule has 2 aromatic rings. The molecule has 1 atom stereocenters. The quantitative estimate of drug-likeness (QED) is 0.824. The number of hydrogen-bond acceptors (Lipinski definition) is 7. The van der Waals surface area contributed by atoms with Gasteiger partial charge in [0.05, 0.1) is 14.2 Å². The summed E-state index contributed by atoms with van der Waals surface area (Å²) in [4.78, 5) is 13.9. The number of hydrogen-bond donors (Lipinski definition) is 1. The van der Waals surface area contributed by atoms with Crippen molar-refractivity contribution in [1.29, 1.82) is 5.26 Å². The Morgan fingerprint density at radius 1 is 1.36 bits per heavy atom. The summed E-state index contributed by atoms with van der Waals surface area (Å²) in [5, 5.41) is 15.7. The Morgan fingerprint density at radius 2 is 2.16 bits per heavy atom. The van der Waals surface area contributed by atoms with Crippen LogP contribution in [0.4, 0.5) is 0 Å². The summed E-state index contributed by atoms with van der Waals surface area (Å²) >= 11 is 0. The van der Waals surface area contributed by atoms with E-state index in [1.54, 1.807) is 37.3 Å². The van der Waals surface area contributed by atoms with Gasteiger partial charge in [0, 0.05) is 30.8 Å². The van der Waals surface area contributed by atoms with E-state index in [-0.39, 0.29) is 17.7 Å². The van der Waals surface area contributed by atoms with Gasteiger partial charge in [-0.05, 0) is 24.6 Å². The monoisotopic (exact) mass is 342 g/mol. The molecule has 25 heavy (non-hydrogen) atoms. The number of nitriles is 1. The van der Waals surface area contributed by atoms with E-state index in [4.69, 9.17) is 19.3 Å². The van der Waals surface area contributed by atoms with Crippen LogP contribution in [0.1, 0.15) is 17.0 Å². The second kappa shape index (κ2) is 7.13. The fraction of sp³-hybridized carbons (Fsp3) is 0.353. The third kappa shape index (κ3) is 3.50. The van der Waals surface area contributed by atoms with E-state index in [1.165, 1.54) is 0 Å². The number of nitrogens with one attached hydrogen (secondary N) is 1. The van der Waals surface area contributed by atoms with Crippen LogP contribution in [0, 0.1) is 11.5 Å². The van der Waals surface area contributed by atoms with Gasteiger partial charge in [-0.1, -0.05) is 5.16 Å². The van der Waals surface area contributed by atoms with Gasteiger partial charge in [-0.3, -0.25) is 4.79 Å². The maximum atomic E-state index is 12.3. The topological polar surface area (TPSA) is 101 Å². The van der Waals surface area contributed by atoms with Crippen molar-refractivity contribution < 1.29 is 18.8 Å². The molecule has 1 amide bonds. The average Bonchev–Trinajstić information content (AvgIpc) is 3.30. The summed E-state index contributed by atoms with van der Waals surface area (Å²) in [6.07, 6.45) is 2.81. The number of likely N-dealkylation sites (tertiary alicyclic amines) is 1. The van der Waals surface area contributed by atoms with Crippen LogP contribution in [0.3, 0.4) is 0 Å². The van der Waals surface area contributed by atoms with Crippen molar-refractivity contribution in [2.75, 3.05) is 27.3 Å². The molecule has 0 saturated carbocycles. The van der Waals surface area contributed by atoms with Gasteiger partial charge in [0.2, 0.25) is 5.76 Å². The number of benzene rings is 1. The second-order valence-corrected chi connectivity index (χ2v) is 5.65. The number of amides is 1. The van der Waals surface area contributed by atoms with E-state index in [9.17, 15) is 4.79 Å². The maximum absolute atomic E-state index is 12.3. The van der Waals surface area contributed by atoms with Gasteiger partial charge in [0.25, 0.3) is 5.91 Å². The molecule has 8 nitrogen and oxygen atoms in total. The van der Waals surface area contributed by atoms with Gasteiger partial charge in [-0.15, -0.1) is 0 Å². The van der Waals surface area contributed by atoms with Crippen molar-refractivity contribution in [2.24, 2.45) is 0 Å². The Kier molecular flexibility index (Phi) is 4.75. The minimum atomic E-state index is -0.344. The molecule has 8 heteroatoms. The highest BCUT2D eigenvalue weighted by Gasteiger charge is 2.25. The predicted molar refractivity (Wildman–Crippen MR) is 88.1 cm³/mol. The summed E-state index contributed by atoms with van der Waals surface area (Å²) in [5.74, 6) is 0.955. The molecule has 1 aromatic heterocycles. The Hall–Kier alpha value is -3.21. The number of nitrogens with zero attached hydrogens (tertiary/aromatic N) is 3. The molecule has 0 spiro atoms. The number of carbonyl (C=O) groups is 1. The number of aromatic nitrogens is 1. The molecular weight excluding hydrogens is 324 g/mol. The molecule has 1 saturated heterocycles. The van der Waals surface area contributed by atoms with Crippen molar-refractivity contribution >= 4 is 5.91 Å². The zero-order valence-corrected chi connectivity index (χ0v) is 14.0. The first kappa shape index (κ1) is 16.6. The van der Waals surface area contributed by atoms with Crippen LogP contribution in [-0.2, 0) is 0 Å². The molecule has 0 bridgehead atoms. The predicted octanol–water partition coefficient (Wildman–Crippen LogP) is 1.64. The Morgan fingerprint density at radius 3 is 2.84 bits per heavy atom. The van der Waals surface area contributed by atoms with Gasteiger partial charge in [0.15, 0.2) is 17.7 Å². The van der Waals surface area contributed by atoms with E-state index < -0.39 is 0 Å². The van der Waals surface area contributed by atoms with E-state index in [0.29, 0.717) is 30.3 Å². The van der Waals surface area contributed by atoms with Crippen LogP contribution in [0.2, 0.25) is 0 Å². The first-order chi connectivity index (χ1) is 12.1. The van der Waals surface area contributed by atoms with E-state index in [2.05, 4.69) is 16.7 Å². The molecule has 130 valence electrons. The van der Waals surface area contributed by atoms with Crippen molar-refractivity contribution in [3.63, 3.8) is 0 Å². The summed E-state index contributed by atoms with van der Waals surface area (Å²) < 4.78 is 15.6. The molecule has 0 radical (unpaired) electrons. The van der Waals surface area contributed by atoms with E-state index >= 15 is 0 Å². The number of rotatable bonds is 5. The Labute approximate surface area is 144 Å². The zero-order chi connectivity index (χ0) is 17.8. The molecule has 1 aliphatic heterocycles. The molecular formula is C17H18N4O4. The van der Waals surface area contributed by atoms with Crippen molar-refractivity contribution in [1.82, 2.24) is 15.4 Å². The van der Waals surface area contributed by atoms with Crippen molar-refractivity contribution in [3.8, 4) is 28.9 Å². The number of methoxy groups -OCH3 is 2. The average molecular weight is 342 g/mol. The molecule has 1 aromatic carbocycles. The summed E-state index contributed by atoms with van der Waals surface area (Å²) in [5.41, 5.74) is 1.27. The normalized spacial score (nSPS) is 16.4. The van der Waals surface area contributed by atoms with E-state index in [0.717, 1.165) is 12.0 Å². The number of carbonyl (C=O) groups excluding carboxylic acids is 1. The summed E-state index contributed by atoms with van der Waals surface area (Å²) in [6, 6.07) is 6.84. The smallest absolute Gasteiger partial charge is 0.290 e. The molecule has 3 rings (SSSR count). The SMILES string of the molecule is COc1ccc(-c2cc(C(=O)NC3CCN(C#N)C3)on2)cc1OC. The van der Waals surface area contributed by atoms with Crippen LogP contribution in [-0.4, -0.2) is 49.3 Å². The fourth-order valence-electron chi connectivity index (χ4n) is 2.74. The fourth-order valence-corrected chi connectivity index (χ4v) is 2.74. The van der Waals surface area contributed by atoms with Crippen LogP contribution in [0.5, 0.6) is 11.5 Å². The minimum absolute atomic E-state index is 0.0678. The van der Waals surface area contributed by atoms with Gasteiger partial charge < -0.3 is 24.2 Å². The Balaban J connectivity index is 1.72. The van der Waals surface area contributed by atoms with Crippen LogP contribution in [0.25, 0.3) is 11.3 Å². The van der Waals surface area contributed by atoms with Crippen molar-refractivity contribution in [3.05, 3.63) is 30.0 Å². The van der Waals surface area contributed by atoms with Gasteiger partial charge >= 0.3 is 0 Å². The Bertz CT molecular complexity index is 811. The third-order valence-corrected chi connectivity index (χ3v) is 4.08. The minimum Gasteiger partial charge on any atom is -0.493 e. The molecule has 1 fully saturated rings. The maximum Gasteiger partial charge on any atom is 0.290 e. The standard InChI is InChI=1S/C17H18N4O4/c1-23-14-4-3-11(7-15(14)24-2)13-8-16(25-20-13)17(22)19-12-5-6-21(9-12)10-18/h3-4,7-8,12H,5-6,9H2,1-2H3,(H,19,22). The van der Waals surface area contributed by atoms with Crippen LogP contribution < -0.4 is 14.8 Å². The highest BCUT2D eigenvalue weighted by Crippen LogP contribution is 2.32. The van der Waals surface area contributed by atoms with Gasteiger partial charge in [-0.25, -0.2) is 0 Å². The molecule has 1 unspecified atom stereocenters. The largest absolute Gasteiger partial charge is 0.493 e. The molecule has 1 aliphatic rings. The van der Waals surface area contributed by atoms with Crippen LogP contribution in [0.15, 0.2) is 28.8 Å². The highest BCUT2D eigenvalue weighted by molar-refractivity contribution is 5.92. The lowest BCUT2D eigenvalue weighted by Crippen LogP contribution is -2.36. The third-order valence-electron chi connectivity index (χ3n) is 4.08. The van der Waals surface area contributed by atoms with E-state index in [1.807, 2.05) is 6.07 Å². The van der Waals surface area contributed by atoms with Crippen molar-refractivity contribution in [2.45, 2.75) is 12.5 Å². The van der Waals surface area contributed by atoms with Crippen LogP contribution >= 0.6 is 0 Å². The molecule has 0 aliphatic carbocycles. The lowest BCUT2D eigenvalue weighted by Gasteiger charge is -2.10. The second-order valence-electron chi connectivity index (χ2n) is 5.65. The highest BCUT2D eigenvalue weighted by atomic mass is 16.5. The number of ether oxygens (including phenoxy) is 2. The lowest BCUT2D eigenvalue weighted by molar-refractivity contribution is 0.0901.